The van der Waals surface area contributed by atoms with Crippen LogP contribution in [0, 0.1) is 11.6 Å². The number of rotatable bonds is 7. The highest BCUT2D eigenvalue weighted by molar-refractivity contribution is 6.30. The summed E-state index contributed by atoms with van der Waals surface area (Å²) < 4.78 is 26.2. The van der Waals surface area contributed by atoms with E-state index in [1.807, 2.05) is 24.3 Å². The highest BCUT2D eigenvalue weighted by Crippen LogP contribution is 2.12. The van der Waals surface area contributed by atoms with Crippen molar-refractivity contribution in [2.75, 3.05) is 6.54 Å². The fourth-order valence-electron chi connectivity index (χ4n) is 2.25. The van der Waals surface area contributed by atoms with Gasteiger partial charge in [-0.2, -0.15) is 0 Å². The van der Waals surface area contributed by atoms with Crippen molar-refractivity contribution >= 4 is 17.5 Å². The van der Waals surface area contributed by atoms with E-state index in [0.717, 1.165) is 24.5 Å². The van der Waals surface area contributed by atoms with Crippen molar-refractivity contribution < 1.29 is 13.6 Å². The fraction of sp³-hybridized carbons (Fsp3) is 0.278. The van der Waals surface area contributed by atoms with Crippen molar-refractivity contribution in [2.24, 2.45) is 0 Å². The monoisotopic (exact) mass is 337 g/mol. The molecule has 0 aliphatic heterocycles. The summed E-state index contributed by atoms with van der Waals surface area (Å²) >= 11 is 5.81. The van der Waals surface area contributed by atoms with E-state index < -0.39 is 11.6 Å². The Morgan fingerprint density at radius 1 is 1.04 bits per heavy atom. The predicted octanol–water partition coefficient (Wildman–Crippen LogP) is 4.30. The molecule has 0 spiro atoms. The molecule has 0 aromatic heterocycles. The summed E-state index contributed by atoms with van der Waals surface area (Å²) in [5, 5.41) is 3.44. The summed E-state index contributed by atoms with van der Waals surface area (Å²) in [6.07, 6.45) is 2.29. The molecule has 5 heteroatoms. The molecular formula is C18H18ClF2NO. The minimum Gasteiger partial charge on any atom is -0.356 e. The first-order chi connectivity index (χ1) is 11.0. The summed E-state index contributed by atoms with van der Waals surface area (Å²) in [5.41, 5.74) is 1.53. The van der Waals surface area contributed by atoms with Crippen LogP contribution < -0.4 is 5.32 Å². The molecule has 122 valence electrons. The number of hydrogen-bond donors (Lipinski definition) is 1. The van der Waals surface area contributed by atoms with Gasteiger partial charge in [0, 0.05) is 24.1 Å². The SMILES string of the molecule is O=C(CCCc1ccc(Cl)cc1)NCCc1ccc(F)cc1F. The number of carbonyl (C=O) groups is 1. The number of hydrogen-bond acceptors (Lipinski definition) is 1. The van der Waals surface area contributed by atoms with Gasteiger partial charge in [-0.3, -0.25) is 4.79 Å². The van der Waals surface area contributed by atoms with Gasteiger partial charge in [-0.15, -0.1) is 0 Å². The lowest BCUT2D eigenvalue weighted by Crippen LogP contribution is -2.25. The van der Waals surface area contributed by atoms with E-state index in [0.29, 0.717) is 30.0 Å². The van der Waals surface area contributed by atoms with Crippen LogP contribution >= 0.6 is 11.6 Å². The van der Waals surface area contributed by atoms with Crippen molar-refractivity contribution in [1.29, 1.82) is 0 Å². The summed E-state index contributed by atoms with van der Waals surface area (Å²) in [4.78, 5) is 11.7. The number of halogens is 3. The Bertz CT molecular complexity index is 659. The van der Waals surface area contributed by atoms with Gasteiger partial charge in [0.25, 0.3) is 0 Å². The highest BCUT2D eigenvalue weighted by atomic mass is 35.5. The Morgan fingerprint density at radius 2 is 1.78 bits per heavy atom. The minimum absolute atomic E-state index is 0.0681. The van der Waals surface area contributed by atoms with Crippen molar-refractivity contribution in [1.82, 2.24) is 5.32 Å². The second-order valence-corrected chi connectivity index (χ2v) is 5.75. The number of aryl methyl sites for hydroxylation is 1. The Hall–Kier alpha value is -1.94. The van der Waals surface area contributed by atoms with E-state index in [-0.39, 0.29) is 5.91 Å². The zero-order valence-corrected chi connectivity index (χ0v) is 13.4. The summed E-state index contributed by atoms with van der Waals surface area (Å²) in [7, 11) is 0. The molecule has 0 aliphatic carbocycles. The molecule has 1 N–H and O–H groups in total. The van der Waals surface area contributed by atoms with E-state index in [1.165, 1.54) is 12.1 Å². The second kappa shape index (κ2) is 8.63. The molecule has 0 unspecified atom stereocenters. The van der Waals surface area contributed by atoms with Crippen LogP contribution in [0.5, 0.6) is 0 Å². The maximum absolute atomic E-state index is 13.4. The van der Waals surface area contributed by atoms with E-state index >= 15 is 0 Å². The smallest absolute Gasteiger partial charge is 0.220 e. The Kier molecular flexibility index (Phi) is 6.53. The zero-order chi connectivity index (χ0) is 16.7. The standard InChI is InChI=1S/C18H18ClF2NO/c19-15-7-4-13(5-8-15)2-1-3-18(23)22-11-10-14-6-9-16(20)12-17(14)21/h4-9,12H,1-3,10-11H2,(H,22,23). The quantitative estimate of drug-likeness (QED) is 0.802. The van der Waals surface area contributed by atoms with Gasteiger partial charge >= 0.3 is 0 Å². The van der Waals surface area contributed by atoms with Crippen molar-refractivity contribution in [3.8, 4) is 0 Å². The van der Waals surface area contributed by atoms with Gasteiger partial charge in [-0.05, 0) is 48.6 Å². The summed E-state index contributed by atoms with van der Waals surface area (Å²) in [5.74, 6) is -1.25. The second-order valence-electron chi connectivity index (χ2n) is 5.32. The van der Waals surface area contributed by atoms with Crippen molar-refractivity contribution in [3.63, 3.8) is 0 Å². The first-order valence-electron chi connectivity index (χ1n) is 7.49. The average Bonchev–Trinajstić information content (AvgIpc) is 2.51. The van der Waals surface area contributed by atoms with Crippen LogP contribution in [0.2, 0.25) is 5.02 Å². The largest absolute Gasteiger partial charge is 0.356 e. The molecule has 0 atom stereocenters. The summed E-state index contributed by atoms with van der Waals surface area (Å²) in [6, 6.07) is 11.0. The van der Waals surface area contributed by atoms with Gasteiger partial charge in [0.05, 0.1) is 0 Å². The van der Waals surface area contributed by atoms with Crippen molar-refractivity contribution in [2.45, 2.75) is 25.7 Å². The van der Waals surface area contributed by atoms with Crippen LogP contribution in [-0.2, 0) is 17.6 Å². The Balaban J connectivity index is 1.66. The molecule has 0 radical (unpaired) electrons. The molecule has 0 saturated heterocycles. The molecule has 2 aromatic rings. The fourth-order valence-corrected chi connectivity index (χ4v) is 2.38. The van der Waals surface area contributed by atoms with Crippen molar-refractivity contribution in [3.05, 3.63) is 70.2 Å². The third-order valence-corrected chi connectivity index (χ3v) is 3.77. The van der Waals surface area contributed by atoms with Gasteiger partial charge in [0.2, 0.25) is 5.91 Å². The van der Waals surface area contributed by atoms with Crippen LogP contribution in [0.25, 0.3) is 0 Å². The third kappa shape index (κ3) is 5.99. The highest BCUT2D eigenvalue weighted by Gasteiger charge is 2.05. The lowest BCUT2D eigenvalue weighted by molar-refractivity contribution is -0.121. The Morgan fingerprint density at radius 3 is 2.48 bits per heavy atom. The molecule has 2 aromatic carbocycles. The molecule has 0 aliphatic rings. The zero-order valence-electron chi connectivity index (χ0n) is 12.6. The van der Waals surface area contributed by atoms with Crippen LogP contribution in [0.3, 0.4) is 0 Å². The van der Waals surface area contributed by atoms with E-state index in [2.05, 4.69) is 5.32 Å². The minimum atomic E-state index is -0.600. The molecule has 2 rings (SSSR count). The Labute approximate surface area is 139 Å². The van der Waals surface area contributed by atoms with Crippen LogP contribution in [0.4, 0.5) is 8.78 Å². The molecule has 0 saturated carbocycles. The normalized spacial score (nSPS) is 10.6. The first kappa shape index (κ1) is 17.4. The lowest BCUT2D eigenvalue weighted by Gasteiger charge is -2.06. The molecule has 23 heavy (non-hydrogen) atoms. The third-order valence-electron chi connectivity index (χ3n) is 3.51. The summed E-state index contributed by atoms with van der Waals surface area (Å²) in [6.45, 7) is 0.336. The maximum atomic E-state index is 13.4. The molecular weight excluding hydrogens is 320 g/mol. The molecule has 0 heterocycles. The van der Waals surface area contributed by atoms with Crippen LogP contribution in [-0.4, -0.2) is 12.5 Å². The topological polar surface area (TPSA) is 29.1 Å². The van der Waals surface area contributed by atoms with E-state index in [4.69, 9.17) is 11.6 Å². The number of amides is 1. The van der Waals surface area contributed by atoms with Gasteiger partial charge < -0.3 is 5.32 Å². The molecule has 1 amide bonds. The molecule has 0 fully saturated rings. The number of nitrogens with one attached hydrogen (secondary N) is 1. The van der Waals surface area contributed by atoms with E-state index in [9.17, 15) is 13.6 Å². The predicted molar refractivity (Wildman–Crippen MR) is 87.5 cm³/mol. The maximum Gasteiger partial charge on any atom is 0.220 e. The average molecular weight is 338 g/mol. The van der Waals surface area contributed by atoms with Crippen LogP contribution in [0.15, 0.2) is 42.5 Å². The first-order valence-corrected chi connectivity index (χ1v) is 7.87. The lowest BCUT2D eigenvalue weighted by atomic mass is 10.1. The van der Waals surface area contributed by atoms with Gasteiger partial charge in [0.1, 0.15) is 11.6 Å². The number of carbonyl (C=O) groups excluding carboxylic acids is 1. The molecule has 2 nitrogen and oxygen atoms in total. The van der Waals surface area contributed by atoms with E-state index in [1.54, 1.807) is 0 Å². The van der Waals surface area contributed by atoms with Gasteiger partial charge in [0.15, 0.2) is 0 Å². The van der Waals surface area contributed by atoms with Gasteiger partial charge in [-0.1, -0.05) is 29.8 Å². The number of benzene rings is 2. The van der Waals surface area contributed by atoms with Crippen LogP contribution in [0.1, 0.15) is 24.0 Å². The van der Waals surface area contributed by atoms with Gasteiger partial charge in [-0.25, -0.2) is 8.78 Å². The molecule has 0 bridgehead atoms.